The molecule has 0 aliphatic rings. The first kappa shape index (κ1) is 17.8. The zero-order valence-corrected chi connectivity index (χ0v) is 11.2. The molecule has 120 valence electrons. The highest BCUT2D eigenvalue weighted by Crippen LogP contribution is 2.36. The van der Waals surface area contributed by atoms with Crippen LogP contribution in [0.3, 0.4) is 0 Å². The van der Waals surface area contributed by atoms with Gasteiger partial charge in [-0.3, -0.25) is 0 Å². The van der Waals surface area contributed by atoms with Gasteiger partial charge in [-0.1, -0.05) is 0 Å². The maximum absolute atomic E-state index is 12.8. The molecule has 1 atom stereocenters. The largest absolute Gasteiger partial charge is 0.417 e. The van der Waals surface area contributed by atoms with Gasteiger partial charge in [0.15, 0.2) is 0 Å². The van der Waals surface area contributed by atoms with Gasteiger partial charge in [0.25, 0.3) is 0 Å². The van der Waals surface area contributed by atoms with Crippen molar-refractivity contribution in [1.82, 2.24) is 0 Å². The summed E-state index contributed by atoms with van der Waals surface area (Å²) in [6, 6.07) is 1.32. The molecule has 1 aromatic rings. The Kier molecular flexibility index (Phi) is 5.06. The van der Waals surface area contributed by atoms with E-state index in [0.29, 0.717) is 11.0 Å². The van der Waals surface area contributed by atoms with Crippen LogP contribution in [0.4, 0.5) is 32.0 Å². The third-order valence-corrected chi connectivity index (χ3v) is 2.97. The smallest absolute Gasteiger partial charge is 0.353 e. The quantitative estimate of drug-likeness (QED) is 0.629. The van der Waals surface area contributed by atoms with Crippen LogP contribution in [0.2, 0.25) is 0 Å². The lowest BCUT2D eigenvalue weighted by Crippen LogP contribution is -2.44. The van der Waals surface area contributed by atoms with Gasteiger partial charge < -0.3 is 9.69 Å². The Bertz CT molecular complexity index is 588. The number of benzene rings is 1. The van der Waals surface area contributed by atoms with Crippen molar-refractivity contribution in [2.45, 2.75) is 25.3 Å². The Labute approximate surface area is 121 Å². The number of hydrogen-bond acceptors (Lipinski definition) is 3. The van der Waals surface area contributed by atoms with Crippen LogP contribution in [0, 0.1) is 11.3 Å². The molecule has 0 aromatic heterocycles. The van der Waals surface area contributed by atoms with E-state index in [4.69, 9.17) is 5.26 Å². The van der Waals surface area contributed by atoms with Crippen LogP contribution in [-0.2, 0) is 11.0 Å². The third-order valence-electron chi connectivity index (χ3n) is 2.97. The molecular formula is C13H10F6N2O. The molecule has 0 aliphatic carbocycles. The number of alkyl halides is 6. The van der Waals surface area contributed by atoms with Gasteiger partial charge >= 0.3 is 12.4 Å². The zero-order chi connectivity index (χ0) is 17.1. The summed E-state index contributed by atoms with van der Waals surface area (Å²) >= 11 is 0. The second kappa shape index (κ2) is 6.25. The van der Waals surface area contributed by atoms with Crippen LogP contribution < -0.4 is 4.90 Å². The topological polar surface area (TPSA) is 44.1 Å². The fourth-order valence-electron chi connectivity index (χ4n) is 1.79. The number of rotatable bonds is 4. The molecule has 0 saturated carbocycles. The van der Waals surface area contributed by atoms with Gasteiger partial charge in [0, 0.05) is 5.69 Å². The maximum Gasteiger partial charge on any atom is 0.417 e. The van der Waals surface area contributed by atoms with Gasteiger partial charge in [-0.2, -0.15) is 31.6 Å². The zero-order valence-electron chi connectivity index (χ0n) is 11.2. The number of carbonyl (C=O) groups is 1. The first-order valence-corrected chi connectivity index (χ1v) is 5.90. The van der Waals surface area contributed by atoms with Crippen molar-refractivity contribution in [2.24, 2.45) is 0 Å². The molecule has 0 N–H and O–H groups in total. The molecule has 0 amide bonds. The summed E-state index contributed by atoms with van der Waals surface area (Å²) in [7, 11) is 0. The average Bonchev–Trinajstić information content (AvgIpc) is 2.41. The summed E-state index contributed by atoms with van der Waals surface area (Å²) in [5.74, 6) is 0. The van der Waals surface area contributed by atoms with E-state index in [1.165, 1.54) is 6.07 Å². The predicted molar refractivity (Wildman–Crippen MR) is 65.1 cm³/mol. The van der Waals surface area contributed by atoms with Gasteiger partial charge in [-0.05, 0) is 25.1 Å². The van der Waals surface area contributed by atoms with Crippen molar-refractivity contribution >= 4 is 12.0 Å². The van der Waals surface area contributed by atoms with Crippen molar-refractivity contribution in [3.8, 4) is 6.07 Å². The van der Waals surface area contributed by atoms with Crippen molar-refractivity contribution in [1.29, 1.82) is 5.26 Å². The summed E-state index contributed by atoms with van der Waals surface area (Å²) in [4.78, 5) is 11.0. The fraction of sp³-hybridized carbons (Fsp3) is 0.385. The van der Waals surface area contributed by atoms with Gasteiger partial charge in [0.05, 0.1) is 23.7 Å². The second-order valence-electron chi connectivity index (χ2n) is 4.38. The van der Waals surface area contributed by atoms with E-state index in [2.05, 4.69) is 0 Å². The molecule has 0 aliphatic heterocycles. The Morgan fingerprint density at radius 3 is 2.27 bits per heavy atom. The van der Waals surface area contributed by atoms with E-state index in [0.717, 1.165) is 19.1 Å². The summed E-state index contributed by atoms with van der Waals surface area (Å²) in [5, 5.41) is 8.65. The maximum atomic E-state index is 12.8. The molecule has 1 unspecified atom stereocenters. The summed E-state index contributed by atoms with van der Waals surface area (Å²) < 4.78 is 76.8. The molecule has 0 bridgehead atoms. The molecule has 0 saturated heterocycles. The average molecular weight is 324 g/mol. The summed E-state index contributed by atoms with van der Waals surface area (Å²) in [6.07, 6.45) is -9.46. The molecule has 9 heteroatoms. The van der Waals surface area contributed by atoms with Crippen molar-refractivity contribution in [3.63, 3.8) is 0 Å². The minimum atomic E-state index is -4.89. The van der Waals surface area contributed by atoms with E-state index in [9.17, 15) is 31.1 Å². The van der Waals surface area contributed by atoms with Crippen LogP contribution in [-0.4, -0.2) is 25.0 Å². The van der Waals surface area contributed by atoms with Gasteiger partial charge in [0.2, 0.25) is 0 Å². The number of halogens is 6. The first-order valence-electron chi connectivity index (χ1n) is 5.90. The minimum Gasteiger partial charge on any atom is -0.353 e. The molecule has 1 rings (SSSR count). The van der Waals surface area contributed by atoms with Crippen molar-refractivity contribution < 1.29 is 31.1 Å². The standard InChI is InChI=1S/C13H10F6N2O/c1-8(12(14,15)16)21(4-5-22)10-3-2-9(7-20)11(6-10)13(17,18)19/h2-3,5-6,8H,4H2,1H3. The third kappa shape index (κ3) is 3.90. The minimum absolute atomic E-state index is 0.160. The van der Waals surface area contributed by atoms with Crippen molar-refractivity contribution in [3.05, 3.63) is 29.3 Å². The van der Waals surface area contributed by atoms with Crippen LogP contribution in [0.1, 0.15) is 18.1 Å². The van der Waals surface area contributed by atoms with Crippen LogP contribution >= 0.6 is 0 Å². The van der Waals surface area contributed by atoms with Crippen LogP contribution in [0.25, 0.3) is 0 Å². The molecule has 0 spiro atoms. The predicted octanol–water partition coefficient (Wildman–Crippen LogP) is 3.53. The summed E-state index contributed by atoms with van der Waals surface area (Å²) in [6.45, 7) is -0.00115. The molecular weight excluding hydrogens is 314 g/mol. The molecule has 0 fully saturated rings. The first-order chi connectivity index (χ1) is 10.0. The molecule has 22 heavy (non-hydrogen) atoms. The van der Waals surface area contributed by atoms with Crippen LogP contribution in [0.5, 0.6) is 0 Å². The Balaban J connectivity index is 3.39. The number of anilines is 1. The fourth-order valence-corrected chi connectivity index (χ4v) is 1.79. The highest BCUT2D eigenvalue weighted by molar-refractivity contribution is 5.64. The lowest BCUT2D eigenvalue weighted by molar-refractivity contribution is -0.144. The molecule has 3 nitrogen and oxygen atoms in total. The number of hydrogen-bond donors (Lipinski definition) is 0. The normalized spacial score (nSPS) is 13.4. The Hall–Kier alpha value is -2.24. The number of nitriles is 1. The SMILES string of the molecule is CC(N(CC=O)c1ccc(C#N)c(C(F)(F)F)c1)C(F)(F)F. The summed E-state index contributed by atoms with van der Waals surface area (Å²) in [5.41, 5.74) is -2.50. The van der Waals surface area contributed by atoms with Crippen LogP contribution in [0.15, 0.2) is 18.2 Å². The van der Waals surface area contributed by atoms with Gasteiger partial charge in [-0.15, -0.1) is 0 Å². The molecule has 0 radical (unpaired) electrons. The second-order valence-corrected chi connectivity index (χ2v) is 4.38. The van der Waals surface area contributed by atoms with E-state index >= 15 is 0 Å². The highest BCUT2D eigenvalue weighted by Gasteiger charge is 2.41. The van der Waals surface area contributed by atoms with E-state index in [1.54, 1.807) is 0 Å². The number of nitrogens with zero attached hydrogens (tertiary/aromatic N) is 2. The Morgan fingerprint density at radius 2 is 1.86 bits per heavy atom. The number of carbonyl (C=O) groups excluding carboxylic acids is 1. The van der Waals surface area contributed by atoms with Gasteiger partial charge in [-0.25, -0.2) is 0 Å². The lowest BCUT2D eigenvalue weighted by atomic mass is 10.1. The lowest BCUT2D eigenvalue weighted by Gasteiger charge is -2.31. The van der Waals surface area contributed by atoms with Gasteiger partial charge in [0.1, 0.15) is 12.3 Å². The number of aldehydes is 1. The molecule has 1 aromatic carbocycles. The van der Waals surface area contributed by atoms with Crippen molar-refractivity contribution in [2.75, 3.05) is 11.4 Å². The highest BCUT2D eigenvalue weighted by atomic mass is 19.4. The monoisotopic (exact) mass is 324 g/mol. The van der Waals surface area contributed by atoms with E-state index < -0.39 is 41.8 Å². The molecule has 0 heterocycles. The van der Waals surface area contributed by atoms with E-state index in [1.807, 2.05) is 0 Å². The Morgan fingerprint density at radius 1 is 1.27 bits per heavy atom. The van der Waals surface area contributed by atoms with E-state index in [-0.39, 0.29) is 6.29 Å².